The number of benzene rings is 1. The molecule has 0 spiro atoms. The van der Waals surface area contributed by atoms with E-state index in [-0.39, 0.29) is 16.8 Å². The average molecular weight is 301 g/mol. The Kier molecular flexibility index (Phi) is 4.46. The van der Waals surface area contributed by atoms with Crippen LogP contribution < -0.4 is 15.4 Å². The summed E-state index contributed by atoms with van der Waals surface area (Å²) in [5.41, 5.74) is 0.472. The summed E-state index contributed by atoms with van der Waals surface area (Å²) in [6.45, 7) is 0. The number of nitrogens with one attached hydrogen (secondary N) is 3. The van der Waals surface area contributed by atoms with Crippen LogP contribution in [-0.2, 0) is 14.8 Å². The van der Waals surface area contributed by atoms with Gasteiger partial charge in [0, 0.05) is 17.3 Å². The molecular formula is C11H15N3O3S2. The third-order valence-electron chi connectivity index (χ3n) is 2.71. The van der Waals surface area contributed by atoms with Crippen molar-refractivity contribution in [3.8, 4) is 0 Å². The zero-order valence-electron chi connectivity index (χ0n) is 10.3. The molecule has 1 fully saturated rings. The number of hydrogen-bond donors (Lipinski definition) is 3. The minimum Gasteiger partial charge on any atom is -0.325 e. The summed E-state index contributed by atoms with van der Waals surface area (Å²) in [4.78, 5) is 12.0. The molecule has 1 heterocycles. The molecule has 1 aliphatic rings. The van der Waals surface area contributed by atoms with Crippen molar-refractivity contribution in [3.05, 3.63) is 24.3 Å². The first kappa shape index (κ1) is 14.3. The van der Waals surface area contributed by atoms with E-state index in [1.165, 1.54) is 19.2 Å². The molecule has 0 aromatic heterocycles. The molecular weight excluding hydrogens is 286 g/mol. The number of carbonyl (C=O) groups is 1. The predicted octanol–water partition coefficient (Wildman–Crippen LogP) is 0.196. The van der Waals surface area contributed by atoms with Crippen molar-refractivity contribution in [3.63, 3.8) is 0 Å². The Morgan fingerprint density at radius 2 is 2.26 bits per heavy atom. The van der Waals surface area contributed by atoms with Crippen molar-refractivity contribution < 1.29 is 13.2 Å². The number of thioether (sulfide) groups is 1. The number of sulfonamides is 1. The van der Waals surface area contributed by atoms with Gasteiger partial charge in [0.25, 0.3) is 0 Å². The lowest BCUT2D eigenvalue weighted by molar-refractivity contribution is -0.117. The van der Waals surface area contributed by atoms with Crippen LogP contribution in [0.1, 0.15) is 0 Å². The smallest absolute Gasteiger partial charge is 0.242 e. The molecule has 19 heavy (non-hydrogen) atoms. The number of anilines is 1. The first-order valence-corrected chi connectivity index (χ1v) is 8.32. The standard InChI is InChI=1S/C11H15N3O3S2/c1-12-19(16,17)9-4-2-3-8(5-9)14-11(15)10-6-18-7-13-10/h2-5,10,12-13H,6-7H2,1H3,(H,14,15). The third kappa shape index (κ3) is 3.47. The minimum absolute atomic E-state index is 0.126. The summed E-state index contributed by atoms with van der Waals surface area (Å²) in [5, 5.41) is 5.77. The first-order chi connectivity index (χ1) is 9.03. The van der Waals surface area contributed by atoms with E-state index < -0.39 is 10.0 Å². The van der Waals surface area contributed by atoms with Crippen molar-refractivity contribution in [2.45, 2.75) is 10.9 Å². The maximum absolute atomic E-state index is 11.9. The van der Waals surface area contributed by atoms with Gasteiger partial charge in [-0.1, -0.05) is 6.07 Å². The fourth-order valence-electron chi connectivity index (χ4n) is 1.65. The highest BCUT2D eigenvalue weighted by molar-refractivity contribution is 7.99. The van der Waals surface area contributed by atoms with E-state index in [9.17, 15) is 13.2 Å². The van der Waals surface area contributed by atoms with Gasteiger partial charge in [-0.25, -0.2) is 13.1 Å². The molecule has 0 radical (unpaired) electrons. The Morgan fingerprint density at radius 3 is 2.89 bits per heavy atom. The van der Waals surface area contributed by atoms with E-state index in [4.69, 9.17) is 0 Å². The van der Waals surface area contributed by atoms with Crippen molar-refractivity contribution in [2.24, 2.45) is 0 Å². The number of amides is 1. The molecule has 104 valence electrons. The molecule has 1 saturated heterocycles. The van der Waals surface area contributed by atoms with Gasteiger partial charge in [0.15, 0.2) is 0 Å². The molecule has 0 aliphatic carbocycles. The number of carbonyl (C=O) groups excluding carboxylic acids is 1. The maximum atomic E-state index is 11.9. The number of hydrogen-bond acceptors (Lipinski definition) is 5. The topological polar surface area (TPSA) is 87.3 Å². The van der Waals surface area contributed by atoms with E-state index >= 15 is 0 Å². The lowest BCUT2D eigenvalue weighted by atomic mass is 10.2. The summed E-state index contributed by atoms with van der Waals surface area (Å²) >= 11 is 1.65. The van der Waals surface area contributed by atoms with Gasteiger partial charge in [0.1, 0.15) is 0 Å². The fourth-order valence-corrected chi connectivity index (χ4v) is 3.37. The molecule has 6 nitrogen and oxygen atoms in total. The average Bonchev–Trinajstić information content (AvgIpc) is 2.93. The molecule has 1 aromatic carbocycles. The van der Waals surface area contributed by atoms with Gasteiger partial charge in [0.2, 0.25) is 15.9 Å². The van der Waals surface area contributed by atoms with Crippen LogP contribution in [0.5, 0.6) is 0 Å². The third-order valence-corrected chi connectivity index (χ3v) is 5.07. The Hall–Kier alpha value is -1.09. The Labute approximate surface area is 116 Å². The second kappa shape index (κ2) is 5.91. The monoisotopic (exact) mass is 301 g/mol. The summed E-state index contributed by atoms with van der Waals surface area (Å²) in [6, 6.07) is 5.94. The fraction of sp³-hybridized carbons (Fsp3) is 0.364. The van der Waals surface area contributed by atoms with E-state index in [0.717, 1.165) is 11.6 Å². The highest BCUT2D eigenvalue weighted by Crippen LogP contribution is 2.17. The van der Waals surface area contributed by atoms with Crippen LogP contribution in [0.2, 0.25) is 0 Å². The second-order valence-corrected chi connectivity index (χ2v) is 6.91. The molecule has 0 saturated carbocycles. The van der Waals surface area contributed by atoms with Gasteiger partial charge >= 0.3 is 0 Å². The molecule has 1 unspecified atom stereocenters. The number of rotatable bonds is 4. The Morgan fingerprint density at radius 1 is 1.47 bits per heavy atom. The quantitative estimate of drug-likeness (QED) is 0.739. The summed E-state index contributed by atoms with van der Waals surface area (Å²) in [5.74, 6) is 1.33. The molecule has 0 bridgehead atoms. The normalized spacial score (nSPS) is 19.3. The zero-order chi connectivity index (χ0) is 13.9. The van der Waals surface area contributed by atoms with Crippen molar-refractivity contribution in [1.29, 1.82) is 0 Å². The minimum atomic E-state index is -3.50. The summed E-state index contributed by atoms with van der Waals surface area (Å²) < 4.78 is 25.5. The van der Waals surface area contributed by atoms with E-state index in [1.807, 2.05) is 0 Å². The van der Waals surface area contributed by atoms with Gasteiger partial charge in [-0.15, -0.1) is 11.8 Å². The van der Waals surface area contributed by atoms with Crippen LogP contribution in [0, 0.1) is 0 Å². The lowest BCUT2D eigenvalue weighted by Gasteiger charge is -2.11. The van der Waals surface area contributed by atoms with Crippen LogP contribution in [0.4, 0.5) is 5.69 Å². The Bertz CT molecular complexity index is 568. The largest absolute Gasteiger partial charge is 0.325 e. The second-order valence-electron chi connectivity index (χ2n) is 4.00. The molecule has 1 aromatic rings. The van der Waals surface area contributed by atoms with Crippen molar-refractivity contribution in [2.75, 3.05) is 24.0 Å². The SMILES string of the molecule is CNS(=O)(=O)c1cccc(NC(=O)C2CSCN2)c1. The molecule has 2 rings (SSSR count). The van der Waals surface area contributed by atoms with Crippen LogP contribution >= 0.6 is 11.8 Å². The van der Waals surface area contributed by atoms with E-state index in [2.05, 4.69) is 15.4 Å². The van der Waals surface area contributed by atoms with Crippen molar-refractivity contribution in [1.82, 2.24) is 10.0 Å². The molecule has 1 atom stereocenters. The van der Waals surface area contributed by atoms with Crippen LogP contribution in [0.15, 0.2) is 29.2 Å². The predicted molar refractivity (Wildman–Crippen MR) is 75.6 cm³/mol. The molecule has 8 heteroatoms. The summed E-state index contributed by atoms with van der Waals surface area (Å²) in [6.07, 6.45) is 0. The summed E-state index contributed by atoms with van der Waals surface area (Å²) in [7, 11) is -2.15. The molecule has 1 amide bonds. The van der Waals surface area contributed by atoms with Crippen LogP contribution in [-0.4, -0.2) is 39.0 Å². The highest BCUT2D eigenvalue weighted by atomic mass is 32.2. The van der Waals surface area contributed by atoms with Crippen LogP contribution in [0.25, 0.3) is 0 Å². The molecule has 3 N–H and O–H groups in total. The van der Waals surface area contributed by atoms with Gasteiger partial charge < -0.3 is 5.32 Å². The van der Waals surface area contributed by atoms with Gasteiger partial charge in [-0.05, 0) is 25.2 Å². The van der Waals surface area contributed by atoms with Crippen LogP contribution in [0.3, 0.4) is 0 Å². The zero-order valence-corrected chi connectivity index (χ0v) is 12.0. The van der Waals surface area contributed by atoms with Gasteiger partial charge in [-0.3, -0.25) is 10.1 Å². The highest BCUT2D eigenvalue weighted by Gasteiger charge is 2.22. The van der Waals surface area contributed by atoms with Crippen molar-refractivity contribution >= 4 is 33.4 Å². The molecule has 1 aliphatic heterocycles. The lowest BCUT2D eigenvalue weighted by Crippen LogP contribution is -2.37. The van der Waals surface area contributed by atoms with E-state index in [1.54, 1.807) is 23.9 Å². The first-order valence-electron chi connectivity index (χ1n) is 5.68. The van der Waals surface area contributed by atoms with Gasteiger partial charge in [0.05, 0.1) is 10.9 Å². The van der Waals surface area contributed by atoms with Gasteiger partial charge in [-0.2, -0.15) is 0 Å². The Balaban J connectivity index is 2.13. The maximum Gasteiger partial charge on any atom is 0.242 e. The van der Waals surface area contributed by atoms with E-state index in [0.29, 0.717) is 5.69 Å².